The largest absolute Gasteiger partial charge is 0.416 e. The molecule has 6 N–H and O–H groups in total. The normalized spacial score (nSPS) is 16.4. The lowest BCUT2D eigenvalue weighted by Crippen LogP contribution is -2.40. The van der Waals surface area contributed by atoms with Crippen molar-refractivity contribution in [3.8, 4) is 0 Å². The fraction of sp³-hybridized carbons (Fsp3) is 0.517. The van der Waals surface area contributed by atoms with Gasteiger partial charge in [0.1, 0.15) is 0 Å². The first-order valence-corrected chi connectivity index (χ1v) is 14.3. The molecule has 2 aromatic rings. The fourth-order valence-corrected chi connectivity index (χ4v) is 5.65. The monoisotopic (exact) mass is 669 g/mol. The summed E-state index contributed by atoms with van der Waals surface area (Å²) >= 11 is 0. The van der Waals surface area contributed by atoms with Crippen LogP contribution in [0.2, 0.25) is 0 Å². The van der Waals surface area contributed by atoms with Gasteiger partial charge in [-0.3, -0.25) is 9.69 Å². The predicted octanol–water partition coefficient (Wildman–Crippen LogP) is 5.82. The number of benzene rings is 2. The van der Waals surface area contributed by atoms with Crippen LogP contribution in [0.5, 0.6) is 0 Å². The first-order valence-electron chi connectivity index (χ1n) is 14.3. The molecular formula is C29H36F9N7O. The van der Waals surface area contributed by atoms with E-state index < -0.39 is 71.8 Å². The molecule has 3 rings (SSSR count). The minimum atomic E-state index is -5.12. The van der Waals surface area contributed by atoms with Crippen molar-refractivity contribution >= 4 is 11.9 Å². The van der Waals surface area contributed by atoms with E-state index >= 15 is 0 Å². The molecule has 1 fully saturated rings. The maximum atomic E-state index is 13.9. The third-order valence-corrected chi connectivity index (χ3v) is 7.76. The Morgan fingerprint density at radius 2 is 1.43 bits per heavy atom. The molecule has 256 valence electrons. The number of carbonyl (C=O) groups is 1. The Labute approximate surface area is 259 Å². The Hall–Kier alpha value is -3.73. The van der Waals surface area contributed by atoms with E-state index in [1.54, 1.807) is 0 Å². The number of amides is 1. The highest BCUT2D eigenvalue weighted by Gasteiger charge is 2.38. The van der Waals surface area contributed by atoms with Gasteiger partial charge in [-0.15, -0.1) is 5.10 Å². The van der Waals surface area contributed by atoms with Crippen molar-refractivity contribution in [2.45, 2.75) is 70.3 Å². The van der Waals surface area contributed by atoms with E-state index in [0.717, 1.165) is 22.2 Å². The minimum Gasteiger partial charge on any atom is -0.370 e. The molecule has 0 aliphatic carbocycles. The molecule has 0 spiro atoms. The number of hydrogen-bond acceptors (Lipinski definition) is 5. The zero-order chi connectivity index (χ0) is 34.6. The topological polar surface area (TPSA) is 117 Å². The van der Waals surface area contributed by atoms with Crippen LogP contribution in [0, 0.1) is 5.92 Å². The number of hydrogen-bond donors (Lipinski definition) is 3. The second-order valence-electron chi connectivity index (χ2n) is 11.3. The number of rotatable bonds is 10. The number of halogens is 9. The number of hydrazine groups is 1. The first kappa shape index (κ1) is 36.7. The van der Waals surface area contributed by atoms with E-state index in [-0.39, 0.29) is 24.0 Å². The zero-order valence-corrected chi connectivity index (χ0v) is 25.1. The lowest BCUT2D eigenvalue weighted by atomic mass is 9.89. The van der Waals surface area contributed by atoms with Crippen molar-refractivity contribution in [1.82, 2.24) is 14.9 Å². The number of likely N-dealkylation sites (tertiary alicyclic amines) is 1. The van der Waals surface area contributed by atoms with Gasteiger partial charge in [0.15, 0.2) is 0 Å². The van der Waals surface area contributed by atoms with E-state index in [9.17, 15) is 44.3 Å². The quantitative estimate of drug-likeness (QED) is 0.0966. The molecule has 2 aromatic carbocycles. The average Bonchev–Trinajstić information content (AvgIpc) is 2.92. The molecule has 8 nitrogen and oxygen atoms in total. The summed E-state index contributed by atoms with van der Waals surface area (Å²) in [5, 5.41) is 4.56. The molecule has 0 saturated carbocycles. The Morgan fingerprint density at radius 3 is 1.89 bits per heavy atom. The summed E-state index contributed by atoms with van der Waals surface area (Å²) in [6, 6.07) is 3.71. The van der Waals surface area contributed by atoms with Crippen LogP contribution in [0.4, 0.5) is 39.5 Å². The molecule has 17 heteroatoms. The standard InChI is InChI=1S/C29H36F9N7O/c1-3-24(44-8-6-17(7-9-44)12-25(39)46)23-5-4-20(27(30,31)32)13-19(23)16-45(26(40)42-43(2)41)15-18-10-21(28(33,34)35)14-22(11-18)29(36,37)38/h4-5,10-11,13-14,17,24H,3,6-9,12,15-16,41H2,1-2H3,(H2,39,46)(H2,40,42). The first-order chi connectivity index (χ1) is 21.2. The lowest BCUT2D eigenvalue weighted by molar-refractivity contribution is -0.143. The minimum absolute atomic E-state index is 0.0255. The highest BCUT2D eigenvalue weighted by atomic mass is 19.4. The van der Waals surface area contributed by atoms with Gasteiger partial charge in [-0.1, -0.05) is 13.0 Å². The molecular weight excluding hydrogens is 633 g/mol. The van der Waals surface area contributed by atoms with Gasteiger partial charge >= 0.3 is 18.5 Å². The van der Waals surface area contributed by atoms with Gasteiger partial charge in [0, 0.05) is 32.6 Å². The second kappa shape index (κ2) is 14.4. The van der Waals surface area contributed by atoms with Crippen LogP contribution in [-0.4, -0.2) is 46.9 Å². The van der Waals surface area contributed by atoms with Gasteiger partial charge in [-0.25, -0.2) is 11.0 Å². The van der Waals surface area contributed by atoms with Crippen LogP contribution in [-0.2, 0) is 36.4 Å². The van der Waals surface area contributed by atoms with Crippen LogP contribution < -0.4 is 17.3 Å². The second-order valence-corrected chi connectivity index (χ2v) is 11.3. The van der Waals surface area contributed by atoms with Crippen molar-refractivity contribution in [2.24, 2.45) is 28.3 Å². The summed E-state index contributed by atoms with van der Waals surface area (Å²) in [6.45, 7) is 1.73. The van der Waals surface area contributed by atoms with Crippen molar-refractivity contribution in [3.05, 3.63) is 69.8 Å². The number of alkyl halides is 9. The number of nitrogens with two attached hydrogens (primary N) is 3. The molecule has 1 atom stereocenters. The molecule has 1 saturated heterocycles. The van der Waals surface area contributed by atoms with Gasteiger partial charge in [0.05, 0.1) is 16.7 Å². The number of guanidine groups is 1. The molecule has 1 amide bonds. The third kappa shape index (κ3) is 9.88. The molecule has 0 aromatic heterocycles. The Morgan fingerprint density at radius 1 is 0.891 bits per heavy atom. The van der Waals surface area contributed by atoms with Gasteiger partial charge in [0.25, 0.3) is 0 Å². The molecule has 1 unspecified atom stereocenters. The zero-order valence-electron chi connectivity index (χ0n) is 25.1. The predicted molar refractivity (Wildman–Crippen MR) is 152 cm³/mol. The van der Waals surface area contributed by atoms with Gasteiger partial charge < -0.3 is 16.4 Å². The maximum Gasteiger partial charge on any atom is 0.416 e. The van der Waals surface area contributed by atoms with Crippen LogP contribution in [0.1, 0.15) is 72.0 Å². The van der Waals surface area contributed by atoms with Crippen molar-refractivity contribution in [1.29, 1.82) is 0 Å². The Balaban J connectivity index is 2.10. The summed E-state index contributed by atoms with van der Waals surface area (Å²) in [5.74, 6) is 4.73. The maximum absolute atomic E-state index is 13.9. The Kier molecular flexibility index (Phi) is 11.5. The van der Waals surface area contributed by atoms with Crippen molar-refractivity contribution < 1.29 is 44.3 Å². The lowest BCUT2D eigenvalue weighted by Gasteiger charge is -2.38. The van der Waals surface area contributed by atoms with E-state index in [1.165, 1.54) is 13.1 Å². The summed E-state index contributed by atoms with van der Waals surface area (Å²) in [5.41, 5.74) is 7.36. The summed E-state index contributed by atoms with van der Waals surface area (Å²) < 4.78 is 123. The van der Waals surface area contributed by atoms with Crippen molar-refractivity contribution in [2.75, 3.05) is 20.1 Å². The van der Waals surface area contributed by atoms with E-state index in [0.29, 0.717) is 50.0 Å². The molecule has 1 aliphatic heterocycles. The number of carbonyl (C=O) groups excluding carboxylic acids is 1. The number of nitrogens with zero attached hydrogens (tertiary/aromatic N) is 4. The van der Waals surface area contributed by atoms with Crippen LogP contribution in [0.15, 0.2) is 41.5 Å². The fourth-order valence-electron chi connectivity index (χ4n) is 5.65. The molecule has 1 aliphatic rings. The SMILES string of the molecule is CCC(c1ccc(C(F)(F)F)cc1CN(Cc1cc(C(F)(F)F)cc(C(F)(F)F)c1)/C(N)=N/N(C)N)N1CCC(CC(N)=O)CC1. The van der Waals surface area contributed by atoms with E-state index in [1.807, 2.05) is 6.92 Å². The Bertz CT molecular complexity index is 1350. The molecule has 1 heterocycles. The summed E-state index contributed by atoms with van der Waals surface area (Å²) in [7, 11) is 1.25. The van der Waals surface area contributed by atoms with Gasteiger partial charge in [0.2, 0.25) is 11.9 Å². The number of primary amides is 1. The molecule has 0 radical (unpaired) electrons. The van der Waals surface area contributed by atoms with E-state index in [4.69, 9.17) is 17.3 Å². The summed E-state index contributed by atoms with van der Waals surface area (Å²) in [4.78, 5) is 14.5. The molecule has 46 heavy (non-hydrogen) atoms. The van der Waals surface area contributed by atoms with E-state index in [2.05, 4.69) is 10.0 Å². The van der Waals surface area contributed by atoms with Crippen molar-refractivity contribution in [3.63, 3.8) is 0 Å². The highest BCUT2D eigenvalue weighted by Crippen LogP contribution is 2.38. The van der Waals surface area contributed by atoms with Crippen LogP contribution >= 0.6 is 0 Å². The van der Waals surface area contributed by atoms with Crippen LogP contribution in [0.25, 0.3) is 0 Å². The van der Waals surface area contributed by atoms with Crippen LogP contribution in [0.3, 0.4) is 0 Å². The molecule has 0 bridgehead atoms. The van der Waals surface area contributed by atoms with Gasteiger partial charge in [-0.2, -0.15) is 39.5 Å². The summed E-state index contributed by atoms with van der Waals surface area (Å²) in [6.07, 6.45) is -13.1. The smallest absolute Gasteiger partial charge is 0.370 e. The third-order valence-electron chi connectivity index (χ3n) is 7.76. The highest BCUT2D eigenvalue weighted by molar-refractivity contribution is 5.78. The average molecular weight is 670 g/mol. The number of hydrazone groups is 1. The number of piperidine rings is 1. The van der Waals surface area contributed by atoms with Gasteiger partial charge in [-0.05, 0) is 85.3 Å².